The Labute approximate surface area is 161 Å². The summed E-state index contributed by atoms with van der Waals surface area (Å²) in [5, 5.41) is 22.7. The maximum Gasteiger partial charge on any atom is 0.416 e. The monoisotopic (exact) mass is 415 g/mol. The number of benzene rings is 1. The first-order valence-corrected chi connectivity index (χ1v) is 9.18. The molecule has 1 N–H and O–H groups in total. The number of halogens is 3. The number of carbonyl (C=O) groups is 1. The minimum atomic E-state index is -4.66. The third-order valence-electron chi connectivity index (χ3n) is 4.46. The van der Waals surface area contributed by atoms with Gasteiger partial charge in [-0.15, -0.1) is 10.2 Å². The molecule has 150 valence electrons. The van der Waals surface area contributed by atoms with Gasteiger partial charge in [0, 0.05) is 25.1 Å². The lowest BCUT2D eigenvalue weighted by Crippen LogP contribution is -2.38. The number of aryl methyl sites for hydroxylation is 1. The Hall–Kier alpha value is -2.76. The van der Waals surface area contributed by atoms with Gasteiger partial charge >= 0.3 is 6.18 Å². The van der Waals surface area contributed by atoms with Crippen LogP contribution in [0.25, 0.3) is 0 Å². The van der Waals surface area contributed by atoms with Crippen LogP contribution in [0.2, 0.25) is 0 Å². The number of nitro groups is 1. The second-order valence-electron chi connectivity index (χ2n) is 6.34. The van der Waals surface area contributed by atoms with Crippen molar-refractivity contribution in [2.24, 2.45) is 5.92 Å². The van der Waals surface area contributed by atoms with Gasteiger partial charge in [0.15, 0.2) is 0 Å². The summed E-state index contributed by atoms with van der Waals surface area (Å²) < 4.78 is 38.5. The zero-order chi connectivity index (χ0) is 20.5. The van der Waals surface area contributed by atoms with Crippen LogP contribution in [-0.2, 0) is 11.0 Å². The lowest BCUT2D eigenvalue weighted by atomic mass is 9.95. The Balaban J connectivity index is 1.69. The third kappa shape index (κ3) is 4.38. The number of nitro benzene ring substituents is 1. The second-order valence-corrected chi connectivity index (χ2v) is 7.52. The average molecular weight is 415 g/mol. The van der Waals surface area contributed by atoms with Crippen molar-refractivity contribution >= 4 is 33.8 Å². The van der Waals surface area contributed by atoms with Crippen LogP contribution in [0.4, 0.5) is 29.7 Å². The molecule has 0 aliphatic carbocycles. The fraction of sp³-hybridized carbons (Fsp3) is 0.438. The number of alkyl halides is 3. The summed E-state index contributed by atoms with van der Waals surface area (Å²) in [6.45, 7) is 2.40. The van der Waals surface area contributed by atoms with E-state index in [9.17, 15) is 28.1 Å². The fourth-order valence-corrected chi connectivity index (χ4v) is 3.65. The minimum absolute atomic E-state index is 0.122. The Morgan fingerprint density at radius 3 is 2.54 bits per heavy atom. The van der Waals surface area contributed by atoms with Crippen molar-refractivity contribution < 1.29 is 22.9 Å². The van der Waals surface area contributed by atoms with Gasteiger partial charge in [0.2, 0.25) is 11.0 Å². The summed E-state index contributed by atoms with van der Waals surface area (Å²) in [7, 11) is 0. The summed E-state index contributed by atoms with van der Waals surface area (Å²) in [4.78, 5) is 24.4. The molecule has 0 saturated carbocycles. The van der Waals surface area contributed by atoms with Crippen molar-refractivity contribution in [3.05, 3.63) is 38.9 Å². The fourth-order valence-electron chi connectivity index (χ4n) is 3.05. The number of carbonyl (C=O) groups excluding carboxylic acids is 1. The Morgan fingerprint density at radius 2 is 2.00 bits per heavy atom. The molecule has 1 aromatic carbocycles. The van der Waals surface area contributed by atoms with Crippen molar-refractivity contribution in [1.82, 2.24) is 10.2 Å². The van der Waals surface area contributed by atoms with Gasteiger partial charge in [0.25, 0.3) is 5.69 Å². The molecule has 1 aromatic heterocycles. The lowest BCUT2D eigenvalue weighted by Gasteiger charge is -2.32. The number of hydrogen-bond donors (Lipinski definition) is 1. The van der Waals surface area contributed by atoms with Crippen LogP contribution >= 0.6 is 11.3 Å². The lowest BCUT2D eigenvalue weighted by molar-refractivity contribution is -0.384. The van der Waals surface area contributed by atoms with E-state index in [1.165, 1.54) is 11.3 Å². The van der Waals surface area contributed by atoms with E-state index in [2.05, 4.69) is 15.5 Å². The SMILES string of the molecule is Cc1nnc(NC(=O)C2CCN(c3ccc(C(F)(F)F)cc3[N+](=O)[O-])CC2)s1. The van der Waals surface area contributed by atoms with Crippen molar-refractivity contribution in [2.45, 2.75) is 25.9 Å². The average Bonchev–Trinajstić information content (AvgIpc) is 3.05. The summed E-state index contributed by atoms with van der Waals surface area (Å²) in [6.07, 6.45) is -3.82. The van der Waals surface area contributed by atoms with E-state index in [-0.39, 0.29) is 17.5 Å². The number of amides is 1. The number of anilines is 2. The van der Waals surface area contributed by atoms with E-state index in [0.29, 0.717) is 37.1 Å². The van der Waals surface area contributed by atoms with Crippen LogP contribution in [0.15, 0.2) is 18.2 Å². The number of nitrogens with zero attached hydrogens (tertiary/aromatic N) is 4. The van der Waals surface area contributed by atoms with Gasteiger partial charge in [0.1, 0.15) is 10.7 Å². The largest absolute Gasteiger partial charge is 0.416 e. The van der Waals surface area contributed by atoms with E-state index >= 15 is 0 Å². The summed E-state index contributed by atoms with van der Waals surface area (Å²) >= 11 is 1.25. The van der Waals surface area contributed by atoms with Crippen LogP contribution in [0.3, 0.4) is 0 Å². The van der Waals surface area contributed by atoms with Crippen LogP contribution < -0.4 is 10.2 Å². The number of nitrogens with one attached hydrogen (secondary N) is 1. The zero-order valence-corrected chi connectivity index (χ0v) is 15.5. The first-order valence-electron chi connectivity index (χ1n) is 8.36. The highest BCUT2D eigenvalue weighted by Crippen LogP contribution is 2.37. The van der Waals surface area contributed by atoms with E-state index in [0.717, 1.165) is 17.1 Å². The van der Waals surface area contributed by atoms with Crippen LogP contribution in [-0.4, -0.2) is 34.1 Å². The molecule has 1 saturated heterocycles. The van der Waals surface area contributed by atoms with Gasteiger partial charge in [0.05, 0.1) is 10.5 Å². The molecule has 3 rings (SSSR count). The first kappa shape index (κ1) is 20.0. The van der Waals surface area contributed by atoms with Gasteiger partial charge in [-0.2, -0.15) is 13.2 Å². The normalized spacial score (nSPS) is 15.5. The van der Waals surface area contributed by atoms with Gasteiger partial charge in [-0.05, 0) is 31.9 Å². The van der Waals surface area contributed by atoms with Crippen LogP contribution in [0, 0.1) is 23.0 Å². The standard InChI is InChI=1S/C16H16F3N5O3S/c1-9-21-22-15(28-9)20-14(25)10-4-6-23(7-5-10)12-3-2-11(16(17,18)19)8-13(12)24(26)27/h2-3,8,10H,4-7H2,1H3,(H,20,22,25). The molecule has 1 amide bonds. The number of rotatable bonds is 4. The molecule has 8 nitrogen and oxygen atoms in total. The number of aromatic nitrogens is 2. The first-order chi connectivity index (χ1) is 13.1. The molecule has 0 spiro atoms. The molecule has 0 bridgehead atoms. The van der Waals surface area contributed by atoms with Crippen molar-refractivity contribution in [1.29, 1.82) is 0 Å². The summed E-state index contributed by atoms with van der Waals surface area (Å²) in [6, 6.07) is 2.50. The van der Waals surface area contributed by atoms with E-state index in [4.69, 9.17) is 0 Å². The smallest absolute Gasteiger partial charge is 0.366 e. The summed E-state index contributed by atoms with van der Waals surface area (Å²) in [5.41, 5.74) is -1.54. The zero-order valence-electron chi connectivity index (χ0n) is 14.7. The molecule has 2 aromatic rings. The molecule has 2 heterocycles. The Kier molecular flexibility index (Phi) is 5.49. The minimum Gasteiger partial charge on any atom is -0.366 e. The maximum atomic E-state index is 12.8. The highest BCUT2D eigenvalue weighted by atomic mass is 32.1. The Morgan fingerprint density at radius 1 is 1.32 bits per heavy atom. The van der Waals surface area contributed by atoms with Gasteiger partial charge in [-0.25, -0.2) is 0 Å². The molecule has 1 fully saturated rings. The third-order valence-corrected chi connectivity index (χ3v) is 5.22. The van der Waals surface area contributed by atoms with E-state index in [1.54, 1.807) is 11.8 Å². The quantitative estimate of drug-likeness (QED) is 0.605. The van der Waals surface area contributed by atoms with Crippen LogP contribution in [0.5, 0.6) is 0 Å². The molecule has 0 radical (unpaired) electrons. The number of piperidine rings is 1. The topological polar surface area (TPSA) is 101 Å². The molecule has 12 heteroatoms. The highest BCUT2D eigenvalue weighted by molar-refractivity contribution is 7.15. The molecule has 0 atom stereocenters. The van der Waals surface area contributed by atoms with Crippen molar-refractivity contribution in [3.8, 4) is 0 Å². The second kappa shape index (κ2) is 7.70. The van der Waals surface area contributed by atoms with Gasteiger partial charge in [-0.3, -0.25) is 14.9 Å². The molecular weight excluding hydrogens is 399 g/mol. The van der Waals surface area contributed by atoms with E-state index < -0.39 is 22.4 Å². The van der Waals surface area contributed by atoms with Crippen molar-refractivity contribution in [2.75, 3.05) is 23.3 Å². The molecule has 1 aliphatic rings. The van der Waals surface area contributed by atoms with Crippen molar-refractivity contribution in [3.63, 3.8) is 0 Å². The van der Waals surface area contributed by atoms with E-state index in [1.807, 2.05) is 0 Å². The molecule has 28 heavy (non-hydrogen) atoms. The predicted molar refractivity (Wildman–Crippen MR) is 96.3 cm³/mol. The van der Waals surface area contributed by atoms with Crippen LogP contribution in [0.1, 0.15) is 23.4 Å². The Bertz CT molecular complexity index is 894. The van der Waals surface area contributed by atoms with Gasteiger partial charge in [-0.1, -0.05) is 11.3 Å². The maximum absolute atomic E-state index is 12.8. The molecular formula is C16H16F3N5O3S. The van der Waals surface area contributed by atoms with Gasteiger partial charge < -0.3 is 10.2 Å². The molecule has 1 aliphatic heterocycles. The summed E-state index contributed by atoms with van der Waals surface area (Å²) in [5.74, 6) is -0.522. The molecule has 0 unspecified atom stereocenters. The highest BCUT2D eigenvalue weighted by Gasteiger charge is 2.35. The predicted octanol–water partition coefficient (Wildman–Crippen LogP) is 3.63. The number of hydrogen-bond acceptors (Lipinski definition) is 7.